The molecule has 0 aliphatic rings. The van der Waals surface area contributed by atoms with E-state index in [0.29, 0.717) is 33.0 Å². The lowest BCUT2D eigenvalue weighted by Crippen LogP contribution is -2.10. The van der Waals surface area contributed by atoms with Gasteiger partial charge < -0.3 is 19.9 Å². The van der Waals surface area contributed by atoms with Gasteiger partial charge in [0.1, 0.15) is 22.6 Å². The topological polar surface area (TPSA) is 97.8 Å². The molecule has 0 amide bonds. The Labute approximate surface area is 194 Å². The summed E-state index contributed by atoms with van der Waals surface area (Å²) in [6, 6.07) is 18.1. The number of aromatic hydroxyl groups is 1. The average molecular weight is 463 g/mol. The Morgan fingerprint density at radius 3 is 2.52 bits per heavy atom. The molecule has 0 radical (unpaired) electrons. The zero-order chi connectivity index (χ0) is 23.4. The molecule has 33 heavy (non-hydrogen) atoms. The molecule has 3 aromatic carbocycles. The summed E-state index contributed by atoms with van der Waals surface area (Å²) < 4.78 is 10.4. The minimum Gasteiger partial charge on any atom is -0.507 e. The van der Waals surface area contributed by atoms with Gasteiger partial charge in [0.05, 0.1) is 17.8 Å². The number of halogens is 1. The first-order valence-electron chi connectivity index (χ1n) is 10.1. The monoisotopic (exact) mass is 462 g/mol. The molecule has 1 aromatic heterocycles. The largest absolute Gasteiger partial charge is 0.507 e. The predicted octanol–water partition coefficient (Wildman–Crippen LogP) is 5.73. The summed E-state index contributed by atoms with van der Waals surface area (Å²) in [6.07, 6.45) is 1.42. The number of para-hydroxylation sites is 1. The number of hydrogen-bond acceptors (Lipinski definition) is 7. The molecule has 8 heteroatoms. The molecule has 0 bridgehead atoms. The van der Waals surface area contributed by atoms with Gasteiger partial charge in [-0.05, 0) is 49.4 Å². The normalized spacial score (nSPS) is 10.6. The Morgan fingerprint density at radius 2 is 1.79 bits per heavy atom. The fraction of sp³-hybridized carbons (Fsp3) is 0.0800. The third-order valence-corrected chi connectivity index (χ3v) is 5.00. The molecule has 7 nitrogen and oxygen atoms in total. The minimum absolute atomic E-state index is 0.00218. The number of aromatic nitrogens is 1. The van der Waals surface area contributed by atoms with Crippen LogP contribution in [-0.4, -0.2) is 28.6 Å². The van der Waals surface area contributed by atoms with Crippen molar-refractivity contribution in [1.29, 1.82) is 0 Å². The molecule has 2 N–H and O–H groups in total. The zero-order valence-corrected chi connectivity index (χ0v) is 18.3. The number of ether oxygens (including phenoxy) is 2. The molecule has 0 saturated heterocycles. The summed E-state index contributed by atoms with van der Waals surface area (Å²) in [5.41, 5.74) is 1.67. The van der Waals surface area contributed by atoms with Crippen molar-refractivity contribution in [2.75, 3.05) is 11.9 Å². The van der Waals surface area contributed by atoms with Gasteiger partial charge >= 0.3 is 11.9 Å². The minimum atomic E-state index is -0.696. The van der Waals surface area contributed by atoms with Crippen molar-refractivity contribution in [2.24, 2.45) is 0 Å². The van der Waals surface area contributed by atoms with Crippen LogP contribution < -0.4 is 10.1 Å². The van der Waals surface area contributed by atoms with Crippen molar-refractivity contribution in [3.05, 3.63) is 89.1 Å². The molecule has 0 spiro atoms. The molecule has 1 heterocycles. The lowest BCUT2D eigenvalue weighted by Gasteiger charge is -2.15. The van der Waals surface area contributed by atoms with Gasteiger partial charge in [0.2, 0.25) is 0 Å². The SMILES string of the molecule is CCOC(=O)c1cnc2ccc(Cl)cc2c1Nc1ccc(C(=O)Oc2ccccc2)c(O)c1. The summed E-state index contributed by atoms with van der Waals surface area (Å²) in [4.78, 5) is 29.3. The number of esters is 2. The highest BCUT2D eigenvalue weighted by Crippen LogP contribution is 2.33. The first kappa shape index (κ1) is 22.1. The number of anilines is 2. The smallest absolute Gasteiger partial charge is 0.347 e. The summed E-state index contributed by atoms with van der Waals surface area (Å²) >= 11 is 6.17. The zero-order valence-electron chi connectivity index (χ0n) is 17.5. The Bertz CT molecular complexity index is 1340. The van der Waals surface area contributed by atoms with Gasteiger partial charge in [-0.1, -0.05) is 29.8 Å². The molecule has 0 aliphatic carbocycles. The van der Waals surface area contributed by atoms with E-state index in [0.717, 1.165) is 0 Å². The van der Waals surface area contributed by atoms with Crippen molar-refractivity contribution in [3.63, 3.8) is 0 Å². The van der Waals surface area contributed by atoms with Crippen LogP contribution in [0.25, 0.3) is 10.9 Å². The molecule has 0 saturated carbocycles. The van der Waals surface area contributed by atoms with Crippen LogP contribution >= 0.6 is 11.6 Å². The van der Waals surface area contributed by atoms with Gasteiger partial charge in [-0.25, -0.2) is 9.59 Å². The van der Waals surface area contributed by atoms with E-state index < -0.39 is 11.9 Å². The molecular formula is C25H19ClN2O5. The first-order chi connectivity index (χ1) is 16.0. The van der Waals surface area contributed by atoms with Crippen molar-refractivity contribution >= 4 is 45.8 Å². The number of pyridine rings is 1. The number of nitrogens with zero attached hydrogens (tertiary/aromatic N) is 1. The van der Waals surface area contributed by atoms with Crippen LogP contribution in [0.5, 0.6) is 11.5 Å². The third-order valence-electron chi connectivity index (χ3n) is 4.77. The molecule has 4 rings (SSSR count). The number of nitrogens with one attached hydrogen (secondary N) is 1. The lowest BCUT2D eigenvalue weighted by molar-refractivity contribution is 0.0527. The van der Waals surface area contributed by atoms with Crippen LogP contribution in [0.4, 0.5) is 11.4 Å². The maximum Gasteiger partial charge on any atom is 0.347 e. The number of rotatable bonds is 6. The molecule has 0 fully saturated rings. The van der Waals surface area contributed by atoms with Crippen molar-refractivity contribution in [3.8, 4) is 11.5 Å². The number of carbonyl (C=O) groups is 2. The summed E-state index contributed by atoms with van der Waals surface area (Å²) in [5, 5.41) is 14.7. The van der Waals surface area contributed by atoms with Crippen LogP contribution in [0.3, 0.4) is 0 Å². The van der Waals surface area contributed by atoms with Crippen LogP contribution in [0.15, 0.2) is 72.9 Å². The van der Waals surface area contributed by atoms with E-state index >= 15 is 0 Å². The number of fused-ring (bicyclic) bond motifs is 1. The van der Waals surface area contributed by atoms with Gasteiger partial charge in [0, 0.05) is 28.4 Å². The second kappa shape index (κ2) is 9.58. The van der Waals surface area contributed by atoms with E-state index in [1.54, 1.807) is 61.5 Å². The standard InChI is InChI=1S/C25H19ClN2O5/c1-2-32-24(30)20-14-27-21-11-8-15(26)12-19(21)23(20)28-16-9-10-18(22(29)13-16)25(31)33-17-6-4-3-5-7-17/h3-14,29H,2H2,1H3,(H,27,28). The fourth-order valence-electron chi connectivity index (χ4n) is 3.24. The second-order valence-corrected chi connectivity index (χ2v) is 7.42. The van der Waals surface area contributed by atoms with Crippen molar-refractivity contribution < 1.29 is 24.2 Å². The quantitative estimate of drug-likeness (QED) is 0.279. The maximum absolute atomic E-state index is 12.5. The number of hydrogen-bond donors (Lipinski definition) is 2. The molecular weight excluding hydrogens is 444 g/mol. The van der Waals surface area contributed by atoms with Crippen molar-refractivity contribution in [1.82, 2.24) is 4.98 Å². The Balaban J connectivity index is 1.68. The Morgan fingerprint density at radius 1 is 1.00 bits per heavy atom. The van der Waals surface area contributed by atoms with E-state index in [1.165, 1.54) is 18.3 Å². The van der Waals surface area contributed by atoms with Crippen molar-refractivity contribution in [2.45, 2.75) is 6.92 Å². The van der Waals surface area contributed by atoms with E-state index in [9.17, 15) is 14.7 Å². The maximum atomic E-state index is 12.5. The Kier molecular flexibility index (Phi) is 6.42. The molecule has 4 aromatic rings. The first-order valence-corrected chi connectivity index (χ1v) is 10.5. The lowest BCUT2D eigenvalue weighted by atomic mass is 10.1. The van der Waals surface area contributed by atoms with Gasteiger partial charge in [0.25, 0.3) is 0 Å². The Hall–Kier alpha value is -4.10. The van der Waals surface area contributed by atoms with E-state index in [-0.39, 0.29) is 23.5 Å². The number of phenolic OH excluding ortho intramolecular Hbond substituents is 1. The van der Waals surface area contributed by atoms with Gasteiger partial charge in [-0.15, -0.1) is 0 Å². The molecule has 0 aliphatic heterocycles. The highest BCUT2D eigenvalue weighted by Gasteiger charge is 2.19. The van der Waals surface area contributed by atoms with E-state index in [2.05, 4.69) is 10.3 Å². The average Bonchev–Trinajstić information content (AvgIpc) is 2.80. The van der Waals surface area contributed by atoms with Gasteiger partial charge in [0.15, 0.2) is 0 Å². The van der Waals surface area contributed by atoms with E-state index in [4.69, 9.17) is 21.1 Å². The highest BCUT2D eigenvalue weighted by molar-refractivity contribution is 6.31. The van der Waals surface area contributed by atoms with Gasteiger partial charge in [-0.2, -0.15) is 0 Å². The summed E-state index contributed by atoms with van der Waals surface area (Å²) in [6.45, 7) is 1.91. The highest BCUT2D eigenvalue weighted by atomic mass is 35.5. The van der Waals surface area contributed by atoms with E-state index in [1.807, 2.05) is 0 Å². The van der Waals surface area contributed by atoms with Gasteiger partial charge in [-0.3, -0.25) is 4.98 Å². The summed E-state index contributed by atoms with van der Waals surface area (Å²) in [5.74, 6) is -1.17. The fourth-order valence-corrected chi connectivity index (χ4v) is 3.41. The molecule has 166 valence electrons. The molecule has 0 atom stereocenters. The number of benzene rings is 3. The number of phenols is 1. The summed E-state index contributed by atoms with van der Waals surface area (Å²) in [7, 11) is 0. The third kappa shape index (κ3) is 4.88. The molecule has 0 unspecified atom stereocenters. The predicted molar refractivity (Wildman–Crippen MR) is 125 cm³/mol. The van der Waals surface area contributed by atoms with Crippen LogP contribution in [0.1, 0.15) is 27.6 Å². The van der Waals surface area contributed by atoms with Crippen LogP contribution in [0.2, 0.25) is 5.02 Å². The second-order valence-electron chi connectivity index (χ2n) is 6.99. The number of carbonyl (C=O) groups excluding carboxylic acids is 2. The van der Waals surface area contributed by atoms with Crippen LogP contribution in [-0.2, 0) is 4.74 Å². The van der Waals surface area contributed by atoms with Crippen LogP contribution in [0, 0.1) is 0 Å².